The van der Waals surface area contributed by atoms with Crippen LogP contribution in [0.15, 0.2) is 18.2 Å². The van der Waals surface area contributed by atoms with E-state index in [1.165, 1.54) is 36.8 Å². The molecule has 0 radical (unpaired) electrons. The summed E-state index contributed by atoms with van der Waals surface area (Å²) in [5.41, 5.74) is 3.91. The summed E-state index contributed by atoms with van der Waals surface area (Å²) in [5.74, 6) is 1.03. The Morgan fingerprint density at radius 1 is 1.33 bits per heavy atom. The number of alkyl halides is 1. The zero-order chi connectivity index (χ0) is 15.2. The Kier molecular flexibility index (Phi) is 3.77. The number of rotatable bonds is 2. The van der Waals surface area contributed by atoms with E-state index in [1.54, 1.807) is 0 Å². The Morgan fingerprint density at radius 3 is 2.76 bits per heavy atom. The molecule has 1 aromatic heterocycles. The van der Waals surface area contributed by atoms with E-state index < -0.39 is 0 Å². The van der Waals surface area contributed by atoms with Crippen molar-refractivity contribution in [3.05, 3.63) is 29.6 Å². The largest absolute Gasteiger partial charge is 0.323 e. The highest BCUT2D eigenvalue weighted by molar-refractivity contribution is 6.20. The molecule has 2 unspecified atom stereocenters. The number of imidazole rings is 1. The van der Waals surface area contributed by atoms with E-state index in [2.05, 4.69) is 43.5 Å². The second-order valence-electron chi connectivity index (χ2n) is 7.20. The Labute approximate surface area is 132 Å². The van der Waals surface area contributed by atoms with E-state index >= 15 is 0 Å². The van der Waals surface area contributed by atoms with Crippen LogP contribution in [0.2, 0.25) is 0 Å². The lowest BCUT2D eigenvalue weighted by atomic mass is 9.73. The van der Waals surface area contributed by atoms with Crippen LogP contribution in [0.1, 0.15) is 69.3 Å². The van der Waals surface area contributed by atoms with Crippen molar-refractivity contribution in [1.82, 2.24) is 9.55 Å². The van der Waals surface area contributed by atoms with E-state index in [-0.39, 0.29) is 5.38 Å². The number of halogens is 1. The van der Waals surface area contributed by atoms with Gasteiger partial charge in [-0.15, -0.1) is 11.6 Å². The SMILES string of the molecule is Cc1ccc2nc(C(C)Cl)n(C3CCCCC3(C)C)c2c1. The summed E-state index contributed by atoms with van der Waals surface area (Å²) in [7, 11) is 0. The monoisotopic (exact) mass is 304 g/mol. The molecule has 0 aliphatic heterocycles. The van der Waals surface area contributed by atoms with Gasteiger partial charge in [0.05, 0.1) is 16.4 Å². The molecular weight excluding hydrogens is 280 g/mol. The minimum atomic E-state index is -0.0598. The highest BCUT2D eigenvalue weighted by Crippen LogP contribution is 2.46. The van der Waals surface area contributed by atoms with Crippen molar-refractivity contribution < 1.29 is 0 Å². The molecule has 0 spiro atoms. The molecule has 1 fully saturated rings. The van der Waals surface area contributed by atoms with Gasteiger partial charge in [0.25, 0.3) is 0 Å². The molecule has 0 saturated heterocycles. The molecule has 21 heavy (non-hydrogen) atoms. The fraction of sp³-hybridized carbons (Fsp3) is 0.611. The molecule has 1 aliphatic carbocycles. The normalized spacial score (nSPS) is 23.4. The molecule has 3 rings (SSSR count). The van der Waals surface area contributed by atoms with E-state index in [4.69, 9.17) is 16.6 Å². The molecule has 114 valence electrons. The van der Waals surface area contributed by atoms with Crippen molar-refractivity contribution in [2.45, 2.75) is 64.8 Å². The predicted octanol–water partition coefficient (Wildman–Crippen LogP) is 5.79. The number of hydrogen-bond acceptors (Lipinski definition) is 1. The lowest BCUT2D eigenvalue weighted by molar-refractivity contribution is 0.145. The Bertz CT molecular complexity index is 655. The van der Waals surface area contributed by atoms with Crippen LogP contribution in [0.3, 0.4) is 0 Å². The number of hydrogen-bond donors (Lipinski definition) is 0. The van der Waals surface area contributed by atoms with Crippen molar-refractivity contribution in [3.63, 3.8) is 0 Å². The van der Waals surface area contributed by atoms with Crippen molar-refractivity contribution >= 4 is 22.6 Å². The number of benzene rings is 1. The molecule has 0 N–H and O–H groups in total. The van der Waals surface area contributed by atoms with Crippen LogP contribution >= 0.6 is 11.6 Å². The number of aryl methyl sites for hydroxylation is 1. The minimum Gasteiger partial charge on any atom is -0.323 e. The van der Waals surface area contributed by atoms with Crippen LogP contribution in [0.25, 0.3) is 11.0 Å². The molecule has 0 amide bonds. The van der Waals surface area contributed by atoms with Crippen LogP contribution in [0, 0.1) is 12.3 Å². The van der Waals surface area contributed by atoms with E-state index in [0.29, 0.717) is 11.5 Å². The third-order valence-corrected chi connectivity index (χ3v) is 5.19. The van der Waals surface area contributed by atoms with Crippen LogP contribution in [0.5, 0.6) is 0 Å². The number of aromatic nitrogens is 2. The van der Waals surface area contributed by atoms with E-state index in [9.17, 15) is 0 Å². The summed E-state index contributed by atoms with van der Waals surface area (Å²) < 4.78 is 2.44. The summed E-state index contributed by atoms with van der Waals surface area (Å²) in [6.45, 7) is 8.96. The third kappa shape index (κ3) is 2.59. The second kappa shape index (κ2) is 5.31. The fourth-order valence-corrected chi connectivity index (χ4v) is 3.94. The first-order chi connectivity index (χ1) is 9.90. The maximum Gasteiger partial charge on any atom is 0.127 e. The van der Waals surface area contributed by atoms with Gasteiger partial charge in [-0.25, -0.2) is 4.98 Å². The zero-order valence-corrected chi connectivity index (χ0v) is 14.2. The van der Waals surface area contributed by atoms with Crippen molar-refractivity contribution in [1.29, 1.82) is 0 Å². The molecule has 2 nitrogen and oxygen atoms in total. The number of fused-ring (bicyclic) bond motifs is 1. The quantitative estimate of drug-likeness (QED) is 0.642. The van der Waals surface area contributed by atoms with Crippen LogP contribution < -0.4 is 0 Å². The molecule has 2 aromatic rings. The van der Waals surface area contributed by atoms with Gasteiger partial charge in [0.2, 0.25) is 0 Å². The molecule has 1 aromatic carbocycles. The smallest absolute Gasteiger partial charge is 0.127 e. The first-order valence-corrected chi connectivity index (χ1v) is 8.46. The Hall–Kier alpha value is -1.02. The van der Waals surface area contributed by atoms with E-state index in [0.717, 1.165) is 11.3 Å². The highest BCUT2D eigenvalue weighted by atomic mass is 35.5. The predicted molar refractivity (Wildman–Crippen MR) is 90.0 cm³/mol. The summed E-state index contributed by atoms with van der Waals surface area (Å²) in [4.78, 5) is 4.83. The molecule has 0 bridgehead atoms. The topological polar surface area (TPSA) is 17.8 Å². The fourth-order valence-electron chi connectivity index (χ4n) is 3.78. The van der Waals surface area contributed by atoms with Crippen molar-refractivity contribution in [2.75, 3.05) is 0 Å². The lowest BCUT2D eigenvalue weighted by Gasteiger charge is -2.40. The van der Waals surface area contributed by atoms with Gasteiger partial charge < -0.3 is 4.57 Å². The Morgan fingerprint density at radius 2 is 2.10 bits per heavy atom. The van der Waals surface area contributed by atoms with Crippen molar-refractivity contribution in [3.8, 4) is 0 Å². The molecule has 3 heteroatoms. The maximum absolute atomic E-state index is 6.45. The molecule has 1 aliphatic rings. The van der Waals surface area contributed by atoms with Gasteiger partial charge in [0.15, 0.2) is 0 Å². The number of nitrogens with zero attached hydrogens (tertiary/aromatic N) is 2. The van der Waals surface area contributed by atoms with Crippen molar-refractivity contribution in [2.24, 2.45) is 5.41 Å². The second-order valence-corrected chi connectivity index (χ2v) is 7.85. The minimum absolute atomic E-state index is 0.0598. The van der Waals surface area contributed by atoms with Gasteiger partial charge in [-0.2, -0.15) is 0 Å². The average molecular weight is 305 g/mol. The Balaban J connectivity index is 2.23. The van der Waals surface area contributed by atoms with Gasteiger partial charge in [0.1, 0.15) is 5.82 Å². The lowest BCUT2D eigenvalue weighted by Crippen LogP contribution is -2.31. The van der Waals surface area contributed by atoms with Gasteiger partial charge >= 0.3 is 0 Å². The average Bonchev–Trinajstić information content (AvgIpc) is 2.77. The summed E-state index contributed by atoms with van der Waals surface area (Å²) in [5, 5.41) is -0.0598. The summed E-state index contributed by atoms with van der Waals surface area (Å²) in [6.07, 6.45) is 5.14. The van der Waals surface area contributed by atoms with Gasteiger partial charge in [-0.05, 0) is 49.8 Å². The van der Waals surface area contributed by atoms with Crippen LogP contribution in [-0.2, 0) is 0 Å². The van der Waals surface area contributed by atoms with Gasteiger partial charge in [0, 0.05) is 6.04 Å². The third-order valence-electron chi connectivity index (χ3n) is 4.99. The standard InChI is InChI=1S/C18H25ClN2/c1-12-8-9-14-15(11-12)21(17(20-14)13(2)19)16-7-5-6-10-18(16,3)4/h8-9,11,13,16H,5-7,10H2,1-4H3. The maximum atomic E-state index is 6.45. The first-order valence-electron chi connectivity index (χ1n) is 8.03. The molecular formula is C18H25ClN2. The van der Waals surface area contributed by atoms with Gasteiger partial charge in [-0.3, -0.25) is 0 Å². The molecule has 1 heterocycles. The van der Waals surface area contributed by atoms with Gasteiger partial charge in [-0.1, -0.05) is 32.8 Å². The zero-order valence-electron chi connectivity index (χ0n) is 13.5. The highest BCUT2D eigenvalue weighted by Gasteiger charge is 2.36. The molecule has 2 atom stereocenters. The van der Waals surface area contributed by atoms with E-state index in [1.807, 2.05) is 6.92 Å². The van der Waals surface area contributed by atoms with Crippen LogP contribution in [-0.4, -0.2) is 9.55 Å². The summed E-state index contributed by atoms with van der Waals surface area (Å²) >= 11 is 6.45. The van der Waals surface area contributed by atoms with Crippen LogP contribution in [0.4, 0.5) is 0 Å². The summed E-state index contributed by atoms with van der Waals surface area (Å²) in [6, 6.07) is 7.01. The first kappa shape index (κ1) is 14.9. The molecule has 1 saturated carbocycles.